The standard InChI is InChI=1S/C18H22N2/c1-12-8-17(19)18(9-13(12)2)20-11-14-6-7-15-4-3-5-16(15)10-14/h6-10,20H,3-5,11,19H2,1-2H3. The van der Waals surface area contributed by atoms with E-state index in [1.165, 1.54) is 47.1 Å². The lowest BCUT2D eigenvalue weighted by Gasteiger charge is -2.13. The van der Waals surface area contributed by atoms with E-state index in [2.05, 4.69) is 43.4 Å². The summed E-state index contributed by atoms with van der Waals surface area (Å²) in [5.74, 6) is 0. The van der Waals surface area contributed by atoms with Crippen LogP contribution in [0, 0.1) is 13.8 Å². The molecule has 0 atom stereocenters. The number of nitrogens with one attached hydrogen (secondary N) is 1. The van der Waals surface area contributed by atoms with Crippen LogP contribution in [-0.2, 0) is 19.4 Å². The third-order valence-electron chi connectivity index (χ3n) is 4.31. The predicted octanol–water partition coefficient (Wildman–Crippen LogP) is 3.99. The maximum Gasteiger partial charge on any atom is 0.0579 e. The van der Waals surface area contributed by atoms with E-state index in [1.807, 2.05) is 6.07 Å². The number of hydrogen-bond donors (Lipinski definition) is 2. The van der Waals surface area contributed by atoms with Crippen LogP contribution in [0.1, 0.15) is 34.2 Å². The van der Waals surface area contributed by atoms with E-state index < -0.39 is 0 Å². The third kappa shape index (κ3) is 2.51. The Morgan fingerprint density at radius 2 is 1.75 bits per heavy atom. The summed E-state index contributed by atoms with van der Waals surface area (Å²) in [5, 5.41) is 3.46. The van der Waals surface area contributed by atoms with Crippen LogP contribution in [0.2, 0.25) is 0 Å². The van der Waals surface area contributed by atoms with Gasteiger partial charge in [0.1, 0.15) is 0 Å². The number of fused-ring (bicyclic) bond motifs is 1. The number of aryl methyl sites for hydroxylation is 4. The van der Waals surface area contributed by atoms with Gasteiger partial charge in [-0.3, -0.25) is 0 Å². The van der Waals surface area contributed by atoms with E-state index in [9.17, 15) is 0 Å². The normalized spacial score (nSPS) is 13.3. The van der Waals surface area contributed by atoms with Crippen molar-refractivity contribution in [2.75, 3.05) is 11.1 Å². The van der Waals surface area contributed by atoms with Gasteiger partial charge in [-0.1, -0.05) is 18.2 Å². The van der Waals surface area contributed by atoms with Gasteiger partial charge in [-0.15, -0.1) is 0 Å². The van der Waals surface area contributed by atoms with Crippen molar-refractivity contribution in [3.05, 3.63) is 58.1 Å². The van der Waals surface area contributed by atoms with Crippen molar-refractivity contribution < 1.29 is 0 Å². The number of nitrogens with two attached hydrogens (primary N) is 1. The maximum atomic E-state index is 6.08. The van der Waals surface area contributed by atoms with Gasteiger partial charge in [0.15, 0.2) is 0 Å². The zero-order valence-corrected chi connectivity index (χ0v) is 12.3. The average molecular weight is 266 g/mol. The van der Waals surface area contributed by atoms with Crippen molar-refractivity contribution in [3.8, 4) is 0 Å². The molecule has 0 amide bonds. The van der Waals surface area contributed by atoms with Gasteiger partial charge in [0, 0.05) is 6.54 Å². The van der Waals surface area contributed by atoms with E-state index in [4.69, 9.17) is 5.73 Å². The molecule has 0 aliphatic heterocycles. The monoisotopic (exact) mass is 266 g/mol. The minimum atomic E-state index is 0.828. The number of benzene rings is 2. The molecule has 0 bridgehead atoms. The molecule has 2 heteroatoms. The molecule has 0 spiro atoms. The Hall–Kier alpha value is -1.96. The first kappa shape index (κ1) is 13.0. The van der Waals surface area contributed by atoms with Gasteiger partial charge in [0.2, 0.25) is 0 Å². The minimum Gasteiger partial charge on any atom is -0.397 e. The molecule has 20 heavy (non-hydrogen) atoms. The summed E-state index contributed by atoms with van der Waals surface area (Å²) in [6, 6.07) is 11.0. The van der Waals surface area contributed by atoms with E-state index in [0.717, 1.165) is 17.9 Å². The summed E-state index contributed by atoms with van der Waals surface area (Å²) in [6.07, 6.45) is 3.78. The van der Waals surface area contributed by atoms with Gasteiger partial charge >= 0.3 is 0 Å². The van der Waals surface area contributed by atoms with E-state index in [-0.39, 0.29) is 0 Å². The van der Waals surface area contributed by atoms with Gasteiger partial charge in [0.05, 0.1) is 11.4 Å². The first-order chi connectivity index (χ1) is 9.63. The third-order valence-corrected chi connectivity index (χ3v) is 4.31. The van der Waals surface area contributed by atoms with E-state index >= 15 is 0 Å². The molecule has 0 heterocycles. The lowest BCUT2D eigenvalue weighted by molar-refractivity contribution is 0.911. The molecule has 0 aromatic heterocycles. The Morgan fingerprint density at radius 1 is 1.00 bits per heavy atom. The highest BCUT2D eigenvalue weighted by Crippen LogP contribution is 2.25. The fraction of sp³-hybridized carbons (Fsp3) is 0.333. The van der Waals surface area contributed by atoms with Gasteiger partial charge in [0.25, 0.3) is 0 Å². The van der Waals surface area contributed by atoms with Crippen LogP contribution in [0.5, 0.6) is 0 Å². The number of nitrogen functional groups attached to an aromatic ring is 1. The molecule has 0 saturated carbocycles. The van der Waals surface area contributed by atoms with Crippen LogP contribution in [0.25, 0.3) is 0 Å². The van der Waals surface area contributed by atoms with Crippen LogP contribution in [0.3, 0.4) is 0 Å². The van der Waals surface area contributed by atoms with E-state index in [1.54, 1.807) is 0 Å². The number of anilines is 2. The first-order valence-electron chi connectivity index (χ1n) is 7.35. The van der Waals surface area contributed by atoms with Crippen molar-refractivity contribution in [2.24, 2.45) is 0 Å². The zero-order valence-electron chi connectivity index (χ0n) is 12.3. The van der Waals surface area contributed by atoms with Gasteiger partial charge in [-0.2, -0.15) is 0 Å². The summed E-state index contributed by atoms with van der Waals surface area (Å²) < 4.78 is 0. The highest BCUT2D eigenvalue weighted by molar-refractivity contribution is 5.68. The Labute approximate surface area is 121 Å². The molecule has 2 aromatic rings. The van der Waals surface area contributed by atoms with Crippen LogP contribution in [0.4, 0.5) is 11.4 Å². The van der Waals surface area contributed by atoms with Crippen LogP contribution in [0.15, 0.2) is 30.3 Å². The highest BCUT2D eigenvalue weighted by atomic mass is 14.9. The fourth-order valence-electron chi connectivity index (χ4n) is 2.92. The van der Waals surface area contributed by atoms with Crippen molar-refractivity contribution in [1.29, 1.82) is 0 Å². The van der Waals surface area contributed by atoms with E-state index in [0.29, 0.717) is 0 Å². The van der Waals surface area contributed by atoms with Crippen LogP contribution in [-0.4, -0.2) is 0 Å². The van der Waals surface area contributed by atoms with Gasteiger partial charge < -0.3 is 11.1 Å². The Balaban J connectivity index is 1.75. The summed E-state index contributed by atoms with van der Waals surface area (Å²) >= 11 is 0. The molecule has 3 N–H and O–H groups in total. The minimum absolute atomic E-state index is 0.828. The molecule has 0 fully saturated rings. The molecule has 3 rings (SSSR count). The summed E-state index contributed by atoms with van der Waals surface area (Å²) in [5.41, 5.74) is 14.8. The van der Waals surface area contributed by atoms with Crippen molar-refractivity contribution >= 4 is 11.4 Å². The van der Waals surface area contributed by atoms with Crippen molar-refractivity contribution in [1.82, 2.24) is 0 Å². The van der Waals surface area contributed by atoms with Crippen molar-refractivity contribution in [2.45, 2.75) is 39.7 Å². The molecule has 2 nitrogen and oxygen atoms in total. The molecule has 0 radical (unpaired) electrons. The van der Waals surface area contributed by atoms with Gasteiger partial charge in [-0.05, 0) is 73.1 Å². The second-order valence-corrected chi connectivity index (χ2v) is 5.83. The molecule has 2 aromatic carbocycles. The molecule has 0 saturated heterocycles. The topological polar surface area (TPSA) is 38.0 Å². The van der Waals surface area contributed by atoms with Crippen LogP contribution >= 0.6 is 0 Å². The predicted molar refractivity (Wildman–Crippen MR) is 86.1 cm³/mol. The molecule has 1 aliphatic rings. The average Bonchev–Trinajstić information content (AvgIpc) is 2.89. The number of hydrogen-bond acceptors (Lipinski definition) is 2. The molecular formula is C18H22N2. The molecule has 1 aliphatic carbocycles. The molecule has 104 valence electrons. The lowest BCUT2D eigenvalue weighted by atomic mass is 10.1. The summed E-state index contributed by atoms with van der Waals surface area (Å²) in [6.45, 7) is 5.05. The number of rotatable bonds is 3. The Bertz CT molecular complexity index is 644. The second-order valence-electron chi connectivity index (χ2n) is 5.83. The highest BCUT2D eigenvalue weighted by Gasteiger charge is 2.10. The van der Waals surface area contributed by atoms with Crippen molar-refractivity contribution in [3.63, 3.8) is 0 Å². The summed E-state index contributed by atoms with van der Waals surface area (Å²) in [4.78, 5) is 0. The fourth-order valence-corrected chi connectivity index (χ4v) is 2.92. The SMILES string of the molecule is Cc1cc(N)c(NCc2ccc3c(c2)CCC3)cc1C. The molecule has 0 unspecified atom stereocenters. The Kier molecular flexibility index (Phi) is 3.39. The quantitative estimate of drug-likeness (QED) is 0.824. The molecular weight excluding hydrogens is 244 g/mol. The Morgan fingerprint density at radius 3 is 2.60 bits per heavy atom. The second kappa shape index (κ2) is 5.20. The maximum absolute atomic E-state index is 6.08. The van der Waals surface area contributed by atoms with Crippen LogP contribution < -0.4 is 11.1 Å². The first-order valence-corrected chi connectivity index (χ1v) is 7.35. The smallest absolute Gasteiger partial charge is 0.0579 e. The summed E-state index contributed by atoms with van der Waals surface area (Å²) in [7, 11) is 0. The van der Waals surface area contributed by atoms with Gasteiger partial charge in [-0.25, -0.2) is 0 Å². The zero-order chi connectivity index (χ0) is 14.1. The largest absolute Gasteiger partial charge is 0.397 e. The lowest BCUT2D eigenvalue weighted by Crippen LogP contribution is -2.04.